The number of nitrogens with one attached hydrogen (secondary N) is 1. The number of rotatable bonds is 7. The first-order valence-corrected chi connectivity index (χ1v) is 9.13. The summed E-state index contributed by atoms with van der Waals surface area (Å²) in [5, 5.41) is 16.6. The minimum Gasteiger partial charge on any atom is -0.393 e. The van der Waals surface area contributed by atoms with Crippen molar-refractivity contribution < 1.29 is 5.11 Å². The molecule has 2 rings (SSSR count). The van der Waals surface area contributed by atoms with Crippen LogP contribution in [0.4, 0.5) is 0 Å². The molecule has 4 heteroatoms. The van der Waals surface area contributed by atoms with E-state index in [1.54, 1.807) is 11.3 Å². The van der Waals surface area contributed by atoms with Gasteiger partial charge in [0.25, 0.3) is 0 Å². The molecule has 0 saturated heterocycles. The lowest BCUT2D eigenvalue weighted by atomic mass is 9.93. The molecule has 0 aliphatic heterocycles. The molecule has 0 aliphatic carbocycles. The number of hydrogen-bond acceptors (Lipinski definition) is 4. The Hall–Kier alpha value is -1.23. The zero-order valence-electron chi connectivity index (χ0n) is 14.5. The van der Waals surface area contributed by atoms with Gasteiger partial charge < -0.3 is 10.4 Å². The maximum atomic E-state index is 9.75. The number of hydrogen-bond donors (Lipinski definition) is 2. The van der Waals surface area contributed by atoms with E-state index in [4.69, 9.17) is 4.98 Å². The van der Waals surface area contributed by atoms with E-state index in [-0.39, 0.29) is 11.5 Å². The van der Waals surface area contributed by atoms with Gasteiger partial charge in [-0.05, 0) is 24.8 Å². The summed E-state index contributed by atoms with van der Waals surface area (Å²) < 4.78 is 0. The second-order valence-electron chi connectivity index (χ2n) is 7.22. The highest BCUT2D eigenvalue weighted by Crippen LogP contribution is 2.25. The van der Waals surface area contributed by atoms with Crippen molar-refractivity contribution in [1.29, 1.82) is 0 Å². The number of nitrogens with zero attached hydrogens (tertiary/aromatic N) is 1. The SMILES string of the molecule is CC(O)CC(CNCc1csc(C(C)(C)C)n1)c1ccccc1. The highest BCUT2D eigenvalue weighted by molar-refractivity contribution is 7.09. The van der Waals surface area contributed by atoms with Crippen LogP contribution in [0.1, 0.15) is 56.3 Å². The first-order chi connectivity index (χ1) is 10.9. The van der Waals surface area contributed by atoms with Crippen LogP contribution in [-0.2, 0) is 12.0 Å². The highest BCUT2D eigenvalue weighted by atomic mass is 32.1. The second kappa shape index (κ2) is 8.04. The van der Waals surface area contributed by atoms with Crippen molar-refractivity contribution in [3.05, 3.63) is 52.0 Å². The van der Waals surface area contributed by atoms with Crippen LogP contribution < -0.4 is 5.32 Å². The van der Waals surface area contributed by atoms with E-state index in [9.17, 15) is 5.11 Å². The molecule has 0 fully saturated rings. The van der Waals surface area contributed by atoms with Gasteiger partial charge in [-0.25, -0.2) is 4.98 Å². The average Bonchev–Trinajstić information content (AvgIpc) is 2.96. The van der Waals surface area contributed by atoms with Crippen molar-refractivity contribution in [2.45, 2.75) is 58.1 Å². The highest BCUT2D eigenvalue weighted by Gasteiger charge is 2.18. The Morgan fingerprint density at radius 1 is 1.22 bits per heavy atom. The summed E-state index contributed by atoms with van der Waals surface area (Å²) in [6, 6.07) is 10.4. The molecule has 1 aromatic carbocycles. The predicted octanol–water partition coefficient (Wildman–Crippen LogP) is 4.08. The quantitative estimate of drug-likeness (QED) is 0.803. The molecule has 2 N–H and O–H groups in total. The van der Waals surface area contributed by atoms with Crippen molar-refractivity contribution in [2.24, 2.45) is 0 Å². The van der Waals surface area contributed by atoms with Gasteiger partial charge in [0.15, 0.2) is 0 Å². The fraction of sp³-hybridized carbons (Fsp3) is 0.526. The first-order valence-electron chi connectivity index (χ1n) is 8.25. The largest absolute Gasteiger partial charge is 0.393 e. The normalized spacial score (nSPS) is 14.7. The summed E-state index contributed by atoms with van der Waals surface area (Å²) >= 11 is 1.73. The molecule has 1 heterocycles. The van der Waals surface area contributed by atoms with Crippen molar-refractivity contribution in [3.63, 3.8) is 0 Å². The third kappa shape index (κ3) is 5.72. The molecule has 2 aromatic rings. The van der Waals surface area contributed by atoms with Gasteiger partial charge in [0.2, 0.25) is 0 Å². The monoisotopic (exact) mass is 332 g/mol. The van der Waals surface area contributed by atoms with Gasteiger partial charge in [-0.3, -0.25) is 0 Å². The Labute approximate surface area is 143 Å². The van der Waals surface area contributed by atoms with E-state index >= 15 is 0 Å². The summed E-state index contributed by atoms with van der Waals surface area (Å²) in [5.74, 6) is 0.317. The summed E-state index contributed by atoms with van der Waals surface area (Å²) in [6.07, 6.45) is 0.468. The van der Waals surface area contributed by atoms with Crippen LogP contribution in [0.3, 0.4) is 0 Å². The molecular formula is C19H28N2OS. The van der Waals surface area contributed by atoms with Gasteiger partial charge in [0.05, 0.1) is 16.8 Å². The fourth-order valence-electron chi connectivity index (χ4n) is 2.58. The molecule has 0 aliphatic rings. The van der Waals surface area contributed by atoms with Crippen molar-refractivity contribution in [1.82, 2.24) is 10.3 Å². The summed E-state index contributed by atoms with van der Waals surface area (Å²) in [6.45, 7) is 10.0. The molecule has 2 atom stereocenters. The first kappa shape index (κ1) is 18.1. The standard InChI is InChI=1S/C19H28N2OS/c1-14(22)10-16(15-8-6-5-7-9-15)11-20-12-17-13-23-18(21-17)19(2,3)4/h5-9,13-14,16,20,22H,10-12H2,1-4H3. The Morgan fingerprint density at radius 2 is 1.91 bits per heavy atom. The molecule has 0 spiro atoms. The third-order valence-corrected chi connectivity index (χ3v) is 5.10. The molecule has 0 bridgehead atoms. The maximum absolute atomic E-state index is 9.75. The van der Waals surface area contributed by atoms with E-state index in [0.29, 0.717) is 5.92 Å². The van der Waals surface area contributed by atoms with E-state index < -0.39 is 0 Å². The predicted molar refractivity (Wildman–Crippen MR) is 98.0 cm³/mol. The van der Waals surface area contributed by atoms with Crippen LogP contribution in [0.2, 0.25) is 0 Å². The van der Waals surface area contributed by atoms with Crippen LogP contribution in [0.25, 0.3) is 0 Å². The number of aliphatic hydroxyl groups is 1. The maximum Gasteiger partial charge on any atom is 0.0982 e. The molecule has 3 nitrogen and oxygen atoms in total. The van der Waals surface area contributed by atoms with Crippen molar-refractivity contribution >= 4 is 11.3 Å². The molecule has 126 valence electrons. The number of benzene rings is 1. The number of thiazole rings is 1. The Morgan fingerprint density at radius 3 is 2.48 bits per heavy atom. The fourth-order valence-corrected chi connectivity index (χ4v) is 3.49. The summed E-state index contributed by atoms with van der Waals surface area (Å²) in [7, 11) is 0. The molecular weight excluding hydrogens is 304 g/mol. The van der Waals surface area contributed by atoms with Gasteiger partial charge in [-0.2, -0.15) is 0 Å². The molecule has 0 amide bonds. The lowest BCUT2D eigenvalue weighted by Crippen LogP contribution is -2.24. The van der Waals surface area contributed by atoms with E-state index in [1.807, 2.05) is 13.0 Å². The molecule has 2 unspecified atom stereocenters. The van der Waals surface area contributed by atoms with Crippen molar-refractivity contribution in [2.75, 3.05) is 6.54 Å². The Bertz CT molecular complexity index is 587. The average molecular weight is 333 g/mol. The van der Waals surface area contributed by atoms with Gasteiger partial charge in [-0.1, -0.05) is 51.1 Å². The second-order valence-corrected chi connectivity index (χ2v) is 8.08. The van der Waals surface area contributed by atoms with Gasteiger partial charge in [0.1, 0.15) is 0 Å². The van der Waals surface area contributed by atoms with Crippen LogP contribution in [0.15, 0.2) is 35.7 Å². The van der Waals surface area contributed by atoms with Crippen LogP contribution in [0, 0.1) is 0 Å². The summed E-state index contributed by atoms with van der Waals surface area (Å²) in [4.78, 5) is 4.72. The lowest BCUT2D eigenvalue weighted by Gasteiger charge is -2.19. The van der Waals surface area contributed by atoms with Crippen molar-refractivity contribution in [3.8, 4) is 0 Å². The molecule has 0 radical (unpaired) electrons. The minimum atomic E-state index is -0.297. The van der Waals surface area contributed by atoms with Gasteiger partial charge >= 0.3 is 0 Å². The van der Waals surface area contributed by atoms with Gasteiger partial charge in [0, 0.05) is 23.9 Å². The zero-order valence-corrected chi connectivity index (χ0v) is 15.4. The Kier molecular flexibility index (Phi) is 6.33. The molecule has 0 saturated carbocycles. The van der Waals surface area contributed by atoms with Gasteiger partial charge in [-0.15, -0.1) is 11.3 Å². The smallest absolute Gasteiger partial charge is 0.0982 e. The van der Waals surface area contributed by atoms with Crippen LogP contribution in [-0.4, -0.2) is 22.7 Å². The number of aliphatic hydroxyl groups excluding tert-OH is 1. The minimum absolute atomic E-state index is 0.113. The van der Waals surface area contributed by atoms with E-state index in [1.165, 1.54) is 10.6 Å². The van der Waals surface area contributed by atoms with Crippen LogP contribution in [0.5, 0.6) is 0 Å². The zero-order chi connectivity index (χ0) is 16.9. The molecule has 1 aromatic heterocycles. The van der Waals surface area contributed by atoms with Crippen LogP contribution >= 0.6 is 11.3 Å². The summed E-state index contributed by atoms with van der Waals surface area (Å²) in [5.41, 5.74) is 2.49. The molecule has 23 heavy (non-hydrogen) atoms. The number of aromatic nitrogens is 1. The third-order valence-electron chi connectivity index (χ3n) is 3.79. The topological polar surface area (TPSA) is 45.1 Å². The lowest BCUT2D eigenvalue weighted by molar-refractivity contribution is 0.173. The van der Waals surface area contributed by atoms with E-state index in [0.717, 1.165) is 25.2 Å². The Balaban J connectivity index is 1.93. The van der Waals surface area contributed by atoms with E-state index in [2.05, 4.69) is 55.7 Å².